The summed E-state index contributed by atoms with van der Waals surface area (Å²) in [5.74, 6) is 1.65. The number of hydrogen-bond donors (Lipinski definition) is 0. The molecule has 0 aliphatic carbocycles. The predicted molar refractivity (Wildman–Crippen MR) is 41.6 cm³/mol. The van der Waals surface area contributed by atoms with Gasteiger partial charge in [-0.15, -0.1) is 6.42 Å². The van der Waals surface area contributed by atoms with Crippen molar-refractivity contribution in [3.8, 4) is 12.3 Å². The molecule has 0 aliphatic rings. The number of hydrogen-bond acceptors (Lipinski definition) is 2. The van der Waals surface area contributed by atoms with Gasteiger partial charge in [-0.1, -0.05) is 5.92 Å². The van der Waals surface area contributed by atoms with E-state index in [1.807, 2.05) is 0 Å². The van der Waals surface area contributed by atoms with Crippen LogP contribution in [0.5, 0.6) is 0 Å². The van der Waals surface area contributed by atoms with Crippen LogP contribution in [0.4, 0.5) is 0 Å². The molecule has 0 saturated heterocycles. The van der Waals surface area contributed by atoms with Crippen LogP contribution in [0.3, 0.4) is 0 Å². The molecule has 1 N–H and O–H groups in total. The summed E-state index contributed by atoms with van der Waals surface area (Å²) in [5.41, 5.74) is 6.05. The maximum atomic E-state index is 10.9. The van der Waals surface area contributed by atoms with E-state index in [2.05, 4.69) is 5.92 Å². The maximum absolute atomic E-state index is 10.9. The highest BCUT2D eigenvalue weighted by molar-refractivity contribution is 5.79. The Labute approximate surface area is 66.9 Å². The van der Waals surface area contributed by atoms with Crippen LogP contribution < -0.4 is 5.73 Å². The molecule has 0 aromatic carbocycles. The van der Waals surface area contributed by atoms with Crippen molar-refractivity contribution in [2.45, 2.75) is 32.4 Å². The lowest BCUT2D eigenvalue weighted by Crippen LogP contribution is -2.36. The van der Waals surface area contributed by atoms with Crippen molar-refractivity contribution in [2.75, 3.05) is 0 Å². The molecular weight excluding hydrogens is 142 g/mol. The molecule has 1 radical (unpaired) electrons. The minimum absolute atomic E-state index is 0.549. The summed E-state index contributed by atoms with van der Waals surface area (Å²) in [7, 11) is 0. The maximum Gasteiger partial charge on any atom is 0.328 e. The van der Waals surface area contributed by atoms with Crippen LogP contribution in [0.15, 0.2) is 0 Å². The van der Waals surface area contributed by atoms with Crippen molar-refractivity contribution >= 4 is 5.97 Å². The van der Waals surface area contributed by atoms with E-state index in [1.54, 1.807) is 6.92 Å². The van der Waals surface area contributed by atoms with E-state index in [1.165, 1.54) is 13.8 Å². The van der Waals surface area contributed by atoms with E-state index in [0.29, 0.717) is 0 Å². The van der Waals surface area contributed by atoms with E-state index in [-0.39, 0.29) is 0 Å². The van der Waals surface area contributed by atoms with Crippen LogP contribution in [0, 0.1) is 12.3 Å². The highest BCUT2D eigenvalue weighted by atomic mass is 16.5. The molecule has 0 amide bonds. The molecule has 0 rings (SSSR count). The van der Waals surface area contributed by atoms with Crippen molar-refractivity contribution in [2.24, 2.45) is 0 Å². The lowest BCUT2D eigenvalue weighted by molar-refractivity contribution is -0.151. The summed E-state index contributed by atoms with van der Waals surface area (Å²) < 4.78 is 4.70. The predicted octanol–water partition coefficient (Wildman–Crippen LogP) is 0.613. The van der Waals surface area contributed by atoms with Gasteiger partial charge in [-0.3, -0.25) is 0 Å². The third kappa shape index (κ3) is 3.64. The largest absolute Gasteiger partial charge is 0.448 e. The Morgan fingerprint density at radius 3 is 2.45 bits per heavy atom. The van der Waals surface area contributed by atoms with E-state index in [0.717, 1.165) is 0 Å². The number of carbonyl (C=O) groups excluding carboxylic acids is 1. The highest BCUT2D eigenvalue weighted by Gasteiger charge is 2.25. The Balaban J connectivity index is 4.01. The van der Waals surface area contributed by atoms with E-state index in [9.17, 15) is 4.79 Å². The van der Waals surface area contributed by atoms with Crippen LogP contribution in [0.2, 0.25) is 0 Å². The number of carbonyl (C=O) groups is 1. The first-order valence-electron chi connectivity index (χ1n) is 3.30. The van der Waals surface area contributed by atoms with Gasteiger partial charge in [-0.2, -0.15) is 0 Å². The molecule has 3 heteroatoms. The quantitative estimate of drug-likeness (QED) is 0.432. The van der Waals surface area contributed by atoms with Gasteiger partial charge in [0.15, 0.2) is 6.10 Å². The lowest BCUT2D eigenvalue weighted by Gasteiger charge is -2.16. The first kappa shape index (κ1) is 9.99. The van der Waals surface area contributed by atoms with Gasteiger partial charge in [-0.05, 0) is 20.8 Å². The number of terminal acetylenes is 1. The van der Waals surface area contributed by atoms with Crippen LogP contribution >= 0.6 is 0 Å². The first-order valence-corrected chi connectivity index (χ1v) is 3.30. The van der Waals surface area contributed by atoms with E-state index < -0.39 is 17.6 Å². The molecule has 0 saturated carbocycles. The second-order valence-electron chi connectivity index (χ2n) is 2.84. The molecule has 0 spiro atoms. The van der Waals surface area contributed by atoms with Crippen molar-refractivity contribution in [1.82, 2.24) is 5.73 Å². The molecule has 1 atom stereocenters. The normalized spacial score (nSPS) is 13.4. The molecular formula is C8H12NO2. The van der Waals surface area contributed by atoms with Crippen molar-refractivity contribution in [3.05, 3.63) is 0 Å². The van der Waals surface area contributed by atoms with Gasteiger partial charge in [0.1, 0.15) is 5.54 Å². The molecule has 0 fully saturated rings. The van der Waals surface area contributed by atoms with E-state index in [4.69, 9.17) is 16.9 Å². The zero-order valence-electron chi connectivity index (χ0n) is 6.97. The second kappa shape index (κ2) is 3.40. The average molecular weight is 154 g/mol. The van der Waals surface area contributed by atoms with Crippen LogP contribution in [-0.4, -0.2) is 17.6 Å². The first-order chi connectivity index (χ1) is 4.88. The summed E-state index contributed by atoms with van der Waals surface area (Å²) in [6, 6.07) is 0. The fourth-order valence-corrected chi connectivity index (χ4v) is 0.342. The molecule has 11 heavy (non-hydrogen) atoms. The summed E-state index contributed by atoms with van der Waals surface area (Å²) in [6.07, 6.45) is 4.43. The Hall–Kier alpha value is -1.01. The van der Waals surface area contributed by atoms with Gasteiger partial charge in [-0.25, -0.2) is 10.5 Å². The Morgan fingerprint density at radius 1 is 1.73 bits per heavy atom. The van der Waals surface area contributed by atoms with Crippen molar-refractivity contribution in [1.29, 1.82) is 0 Å². The highest BCUT2D eigenvalue weighted by Crippen LogP contribution is 2.04. The monoisotopic (exact) mass is 154 g/mol. The van der Waals surface area contributed by atoms with Gasteiger partial charge in [0.05, 0.1) is 0 Å². The minimum Gasteiger partial charge on any atom is -0.448 e. The fraction of sp³-hybridized carbons (Fsp3) is 0.625. The van der Waals surface area contributed by atoms with Gasteiger partial charge < -0.3 is 4.74 Å². The average Bonchev–Trinajstić information content (AvgIpc) is 1.85. The smallest absolute Gasteiger partial charge is 0.328 e. The van der Waals surface area contributed by atoms with Crippen LogP contribution in [-0.2, 0) is 9.53 Å². The number of nitrogens with one attached hydrogen (secondary N) is 1. The molecule has 0 aromatic heterocycles. The van der Waals surface area contributed by atoms with E-state index >= 15 is 0 Å². The standard InChI is InChI=1S/C8H12NO2/c1-5-6(2)11-7(10)8(3,4)9/h1,6,9H,2-4H3. The second-order valence-corrected chi connectivity index (χ2v) is 2.84. The number of ether oxygens (including phenoxy) is 1. The minimum atomic E-state index is -1.22. The van der Waals surface area contributed by atoms with Crippen molar-refractivity contribution < 1.29 is 9.53 Å². The summed E-state index contributed by atoms with van der Waals surface area (Å²) in [6.45, 7) is 4.50. The number of rotatable bonds is 2. The fourth-order valence-electron chi connectivity index (χ4n) is 0.342. The summed E-state index contributed by atoms with van der Waals surface area (Å²) >= 11 is 0. The Kier molecular flexibility index (Phi) is 3.09. The molecule has 61 valence electrons. The summed E-state index contributed by atoms with van der Waals surface area (Å²) in [5, 5.41) is 0. The Morgan fingerprint density at radius 2 is 2.18 bits per heavy atom. The molecule has 1 unspecified atom stereocenters. The summed E-state index contributed by atoms with van der Waals surface area (Å²) in [4.78, 5) is 10.9. The lowest BCUT2D eigenvalue weighted by atomic mass is 10.1. The van der Waals surface area contributed by atoms with Gasteiger partial charge >= 0.3 is 5.97 Å². The SMILES string of the molecule is C#CC(C)OC(=O)C(C)(C)[NH]. The molecule has 0 aromatic rings. The van der Waals surface area contributed by atoms with Gasteiger partial charge in [0.25, 0.3) is 0 Å². The van der Waals surface area contributed by atoms with Crippen LogP contribution in [0.25, 0.3) is 0 Å². The third-order valence-electron chi connectivity index (χ3n) is 1.03. The van der Waals surface area contributed by atoms with Crippen LogP contribution in [0.1, 0.15) is 20.8 Å². The topological polar surface area (TPSA) is 50.1 Å². The van der Waals surface area contributed by atoms with Gasteiger partial charge in [0.2, 0.25) is 0 Å². The molecule has 3 nitrogen and oxygen atoms in total. The molecule has 0 heterocycles. The number of esters is 1. The van der Waals surface area contributed by atoms with Gasteiger partial charge in [0, 0.05) is 0 Å². The molecule has 0 bridgehead atoms. The molecule has 0 aliphatic heterocycles. The Bertz CT molecular complexity index is 185. The zero-order valence-corrected chi connectivity index (χ0v) is 6.97. The van der Waals surface area contributed by atoms with Crippen molar-refractivity contribution in [3.63, 3.8) is 0 Å². The zero-order chi connectivity index (χ0) is 9.07. The third-order valence-corrected chi connectivity index (χ3v) is 1.03.